The second-order valence-corrected chi connectivity index (χ2v) is 5.83. The Kier molecular flexibility index (Phi) is 3.93. The Morgan fingerprint density at radius 2 is 2.00 bits per heavy atom. The number of halogens is 1. The first-order valence-corrected chi connectivity index (χ1v) is 7.25. The number of rotatable bonds is 3. The second kappa shape index (κ2) is 5.67. The molecule has 2 fully saturated rings. The molecular weight excluding hydrogens is 262 g/mol. The number of piperazine rings is 1. The summed E-state index contributed by atoms with van der Waals surface area (Å²) in [7, 11) is 0. The normalized spacial score (nSPS) is 22.4. The van der Waals surface area contributed by atoms with Crippen LogP contribution in [0.15, 0.2) is 18.2 Å². The quantitative estimate of drug-likeness (QED) is 0.871. The van der Waals surface area contributed by atoms with Gasteiger partial charge in [0.05, 0.1) is 5.02 Å². The third-order valence-corrected chi connectivity index (χ3v) is 4.33. The van der Waals surface area contributed by atoms with Crippen molar-refractivity contribution in [2.45, 2.75) is 12.6 Å². The van der Waals surface area contributed by atoms with Crippen LogP contribution in [0.2, 0.25) is 5.02 Å². The third-order valence-electron chi connectivity index (χ3n) is 4.02. The van der Waals surface area contributed by atoms with Crippen LogP contribution in [0.1, 0.15) is 5.56 Å². The van der Waals surface area contributed by atoms with Crippen LogP contribution in [0, 0.1) is 0 Å². The highest BCUT2D eigenvalue weighted by Gasteiger charge is 2.31. The molecule has 3 rings (SSSR count). The third kappa shape index (κ3) is 3.03. The number of nitrogens with zero attached hydrogens (tertiary/aromatic N) is 2. The zero-order valence-electron chi connectivity index (χ0n) is 11.0. The van der Waals surface area contributed by atoms with Crippen LogP contribution in [0.25, 0.3) is 0 Å². The van der Waals surface area contributed by atoms with E-state index in [1.807, 2.05) is 12.1 Å². The molecule has 2 saturated heterocycles. The molecule has 1 aromatic carbocycles. The molecule has 0 aliphatic carbocycles. The minimum atomic E-state index is 0.160. The summed E-state index contributed by atoms with van der Waals surface area (Å²) in [4.78, 5) is 5.01. The van der Waals surface area contributed by atoms with Gasteiger partial charge in [0.2, 0.25) is 0 Å². The fourth-order valence-corrected chi connectivity index (χ4v) is 3.06. The number of aromatic hydroxyl groups is 1. The van der Waals surface area contributed by atoms with E-state index in [0.29, 0.717) is 5.02 Å². The molecule has 0 saturated carbocycles. The van der Waals surface area contributed by atoms with Gasteiger partial charge in [0.15, 0.2) is 0 Å². The fourth-order valence-electron chi connectivity index (χ4n) is 2.86. The number of phenolic OH excluding ortho intramolecular Hbond substituents is 1. The molecule has 0 aromatic heterocycles. The summed E-state index contributed by atoms with van der Waals surface area (Å²) in [6, 6.07) is 6.19. The molecule has 4 nitrogen and oxygen atoms in total. The molecule has 2 N–H and O–H groups in total. The number of hydrogen-bond donors (Lipinski definition) is 2. The van der Waals surface area contributed by atoms with E-state index in [4.69, 9.17) is 11.6 Å². The van der Waals surface area contributed by atoms with Gasteiger partial charge in [0, 0.05) is 51.9 Å². The minimum Gasteiger partial charge on any atom is -0.506 e. The van der Waals surface area contributed by atoms with Gasteiger partial charge in [-0.3, -0.25) is 9.80 Å². The van der Waals surface area contributed by atoms with Crippen LogP contribution in [-0.2, 0) is 6.54 Å². The van der Waals surface area contributed by atoms with Crippen molar-refractivity contribution in [2.24, 2.45) is 0 Å². The van der Waals surface area contributed by atoms with Crippen molar-refractivity contribution in [2.75, 3.05) is 39.3 Å². The van der Waals surface area contributed by atoms with E-state index in [2.05, 4.69) is 15.1 Å². The van der Waals surface area contributed by atoms with Crippen molar-refractivity contribution < 1.29 is 5.11 Å². The van der Waals surface area contributed by atoms with Gasteiger partial charge in [-0.1, -0.05) is 17.7 Å². The van der Waals surface area contributed by atoms with Gasteiger partial charge >= 0.3 is 0 Å². The van der Waals surface area contributed by atoms with Gasteiger partial charge in [0.1, 0.15) is 5.75 Å². The van der Waals surface area contributed by atoms with E-state index in [-0.39, 0.29) is 5.75 Å². The topological polar surface area (TPSA) is 38.7 Å². The second-order valence-electron chi connectivity index (χ2n) is 5.42. The first kappa shape index (κ1) is 13.2. The number of phenols is 1. The predicted molar refractivity (Wildman–Crippen MR) is 76.6 cm³/mol. The number of hydrogen-bond acceptors (Lipinski definition) is 4. The van der Waals surface area contributed by atoms with Gasteiger partial charge in [-0.2, -0.15) is 0 Å². The number of nitrogens with one attached hydrogen (secondary N) is 1. The SMILES string of the molecule is Oc1ccc(CN2CC(N3CCNCC3)C2)cc1Cl. The highest BCUT2D eigenvalue weighted by atomic mass is 35.5. The molecule has 0 radical (unpaired) electrons. The number of likely N-dealkylation sites (tertiary alicyclic amines) is 1. The molecule has 0 atom stereocenters. The molecule has 19 heavy (non-hydrogen) atoms. The Balaban J connectivity index is 1.49. The first-order valence-electron chi connectivity index (χ1n) is 6.87. The van der Waals surface area contributed by atoms with Crippen molar-refractivity contribution >= 4 is 11.6 Å². The lowest BCUT2D eigenvalue weighted by Gasteiger charge is -2.46. The molecule has 104 valence electrons. The highest BCUT2D eigenvalue weighted by Crippen LogP contribution is 2.25. The molecule has 0 amide bonds. The summed E-state index contributed by atoms with van der Waals surface area (Å²) < 4.78 is 0. The summed E-state index contributed by atoms with van der Waals surface area (Å²) in [5.74, 6) is 0.160. The van der Waals surface area contributed by atoms with Crippen LogP contribution in [0.3, 0.4) is 0 Å². The lowest BCUT2D eigenvalue weighted by molar-refractivity contribution is 0.0223. The van der Waals surface area contributed by atoms with Crippen molar-refractivity contribution in [1.82, 2.24) is 15.1 Å². The van der Waals surface area contributed by atoms with Crippen molar-refractivity contribution in [3.8, 4) is 5.75 Å². The van der Waals surface area contributed by atoms with Gasteiger partial charge in [-0.05, 0) is 17.7 Å². The van der Waals surface area contributed by atoms with E-state index in [1.165, 1.54) is 18.7 Å². The van der Waals surface area contributed by atoms with Crippen LogP contribution >= 0.6 is 11.6 Å². The molecule has 0 spiro atoms. The van der Waals surface area contributed by atoms with Gasteiger partial charge in [0.25, 0.3) is 0 Å². The smallest absolute Gasteiger partial charge is 0.134 e. The Morgan fingerprint density at radius 3 is 2.68 bits per heavy atom. The van der Waals surface area contributed by atoms with E-state index >= 15 is 0 Å². The van der Waals surface area contributed by atoms with Crippen molar-refractivity contribution in [1.29, 1.82) is 0 Å². The molecule has 5 heteroatoms. The average molecular weight is 282 g/mol. The Bertz CT molecular complexity index is 442. The number of benzene rings is 1. The molecule has 0 unspecified atom stereocenters. The Hall–Kier alpha value is -0.810. The maximum absolute atomic E-state index is 9.40. The first-order chi connectivity index (χ1) is 9.22. The predicted octanol–water partition coefficient (Wildman–Crippen LogP) is 1.13. The summed E-state index contributed by atoms with van der Waals surface area (Å²) in [5.41, 5.74) is 1.17. The minimum absolute atomic E-state index is 0.160. The monoisotopic (exact) mass is 281 g/mol. The summed E-state index contributed by atoms with van der Waals surface area (Å²) in [5, 5.41) is 13.2. The van der Waals surface area contributed by atoms with Gasteiger partial charge in [-0.15, -0.1) is 0 Å². The maximum atomic E-state index is 9.40. The van der Waals surface area contributed by atoms with Crippen LogP contribution < -0.4 is 5.32 Å². The molecule has 1 aromatic rings. The molecular formula is C14H20ClN3O. The van der Waals surface area contributed by atoms with Gasteiger partial charge < -0.3 is 10.4 Å². The Morgan fingerprint density at radius 1 is 1.26 bits per heavy atom. The van der Waals surface area contributed by atoms with Crippen LogP contribution in [-0.4, -0.2) is 60.2 Å². The fraction of sp³-hybridized carbons (Fsp3) is 0.571. The molecule has 2 heterocycles. The van der Waals surface area contributed by atoms with Gasteiger partial charge in [-0.25, -0.2) is 0 Å². The van der Waals surface area contributed by atoms with Crippen molar-refractivity contribution in [3.63, 3.8) is 0 Å². The standard InChI is InChI=1S/C14H20ClN3O/c15-13-7-11(1-2-14(13)19)8-17-9-12(10-17)18-5-3-16-4-6-18/h1-2,7,12,16,19H,3-6,8-10H2. The van der Waals surface area contributed by atoms with Crippen LogP contribution in [0.4, 0.5) is 0 Å². The average Bonchev–Trinajstić information content (AvgIpc) is 2.38. The van der Waals surface area contributed by atoms with E-state index in [1.54, 1.807) is 6.07 Å². The van der Waals surface area contributed by atoms with E-state index in [0.717, 1.165) is 38.8 Å². The molecule has 2 aliphatic rings. The zero-order chi connectivity index (χ0) is 13.2. The summed E-state index contributed by atoms with van der Waals surface area (Å²) in [6.07, 6.45) is 0. The Labute approximate surface area is 119 Å². The largest absolute Gasteiger partial charge is 0.506 e. The zero-order valence-corrected chi connectivity index (χ0v) is 11.7. The summed E-state index contributed by atoms with van der Waals surface area (Å²) in [6.45, 7) is 7.76. The summed E-state index contributed by atoms with van der Waals surface area (Å²) >= 11 is 5.93. The van der Waals surface area contributed by atoms with Crippen molar-refractivity contribution in [3.05, 3.63) is 28.8 Å². The highest BCUT2D eigenvalue weighted by molar-refractivity contribution is 6.32. The van der Waals surface area contributed by atoms with E-state index in [9.17, 15) is 5.11 Å². The van der Waals surface area contributed by atoms with Crippen LogP contribution in [0.5, 0.6) is 5.75 Å². The maximum Gasteiger partial charge on any atom is 0.134 e. The molecule has 0 bridgehead atoms. The lowest BCUT2D eigenvalue weighted by atomic mass is 10.0. The molecule has 2 aliphatic heterocycles. The van der Waals surface area contributed by atoms with E-state index < -0.39 is 0 Å². The lowest BCUT2D eigenvalue weighted by Crippen LogP contribution is -2.62.